The van der Waals surface area contributed by atoms with Gasteiger partial charge in [-0.25, -0.2) is 9.78 Å². The van der Waals surface area contributed by atoms with Crippen LogP contribution in [0.4, 0.5) is 42.8 Å². The van der Waals surface area contributed by atoms with E-state index in [4.69, 9.17) is 4.74 Å². The number of thiazole rings is 1. The molecule has 0 fully saturated rings. The van der Waals surface area contributed by atoms with E-state index in [0.29, 0.717) is 53.4 Å². The summed E-state index contributed by atoms with van der Waals surface area (Å²) in [6, 6.07) is 6.77. The zero-order valence-corrected chi connectivity index (χ0v) is 22.8. The molecule has 0 aliphatic carbocycles. The number of fused-ring (bicyclic) bond motifs is 1. The van der Waals surface area contributed by atoms with Gasteiger partial charge in [0.15, 0.2) is 0 Å². The van der Waals surface area contributed by atoms with Gasteiger partial charge in [-0.2, -0.15) is 34.8 Å². The van der Waals surface area contributed by atoms with Crippen LogP contribution in [0, 0.1) is 0 Å². The highest BCUT2D eigenvalue weighted by molar-refractivity contribution is 7.92. The lowest BCUT2D eigenvalue weighted by atomic mass is 9.95. The van der Waals surface area contributed by atoms with Crippen LogP contribution in [0.25, 0.3) is 5.57 Å². The number of nitrogens with zero attached hydrogens (tertiary/aromatic N) is 3. The number of carbonyl (C=O) groups excluding carboxylic acids is 1. The van der Waals surface area contributed by atoms with Gasteiger partial charge in [0.25, 0.3) is 10.0 Å². The number of hydrogen-bond acceptors (Lipinski definition) is 9. The number of anilines is 3. The smallest absolute Gasteiger partial charge is 0.489 e. The normalized spacial score (nSPS) is 15.9. The quantitative estimate of drug-likeness (QED) is 0.289. The Morgan fingerprint density at radius 2 is 1.86 bits per heavy atom. The predicted molar refractivity (Wildman–Crippen MR) is 140 cm³/mol. The minimum absolute atomic E-state index is 0.00583. The first-order chi connectivity index (χ1) is 19.8. The number of rotatable bonds is 6. The van der Waals surface area contributed by atoms with Gasteiger partial charge >= 0.3 is 18.3 Å². The maximum absolute atomic E-state index is 13.6. The van der Waals surface area contributed by atoms with Crippen LogP contribution in [0.15, 0.2) is 58.9 Å². The van der Waals surface area contributed by atoms with Gasteiger partial charge in [0.2, 0.25) is 5.13 Å². The van der Waals surface area contributed by atoms with Crippen molar-refractivity contribution in [2.24, 2.45) is 0 Å². The predicted octanol–water partition coefficient (Wildman–Crippen LogP) is 5.28. The third kappa shape index (κ3) is 5.89. The highest BCUT2D eigenvalue weighted by Crippen LogP contribution is 2.44. The molecule has 9 nitrogen and oxygen atoms in total. The Bertz CT molecular complexity index is 1620. The van der Waals surface area contributed by atoms with Crippen molar-refractivity contribution in [3.8, 4) is 5.75 Å². The van der Waals surface area contributed by atoms with Crippen LogP contribution in [0.3, 0.4) is 0 Å². The molecule has 0 radical (unpaired) electrons. The average Bonchev–Trinajstić information content (AvgIpc) is 3.49. The van der Waals surface area contributed by atoms with Crippen molar-refractivity contribution in [3.63, 3.8) is 0 Å². The number of ether oxygens (including phenoxy) is 1. The number of nitrogens with one attached hydrogen (secondary N) is 1. The molecule has 17 heteroatoms. The van der Waals surface area contributed by atoms with E-state index in [1.807, 2.05) is 0 Å². The Kier molecular flexibility index (Phi) is 7.84. The number of sulfonamides is 1. The van der Waals surface area contributed by atoms with Crippen LogP contribution in [-0.4, -0.2) is 51.8 Å². The van der Waals surface area contributed by atoms with Crippen molar-refractivity contribution in [1.82, 2.24) is 10.3 Å². The minimum atomic E-state index is -5.49. The van der Waals surface area contributed by atoms with Gasteiger partial charge in [0, 0.05) is 35.4 Å². The van der Waals surface area contributed by atoms with Crippen molar-refractivity contribution in [3.05, 3.63) is 65.2 Å². The van der Waals surface area contributed by atoms with E-state index in [1.165, 1.54) is 17.5 Å². The molecule has 0 spiro atoms. The molecule has 0 atom stereocenters. The van der Waals surface area contributed by atoms with Gasteiger partial charge in [-0.1, -0.05) is 10.5 Å². The largest absolute Gasteiger partial charge is 0.493 e. The van der Waals surface area contributed by atoms with E-state index in [2.05, 4.69) is 15.1 Å². The maximum atomic E-state index is 13.6. The van der Waals surface area contributed by atoms with Crippen LogP contribution >= 0.6 is 11.3 Å². The zero-order chi connectivity index (χ0) is 30.3. The second kappa shape index (κ2) is 11.1. The maximum Gasteiger partial charge on any atom is 0.493 e. The molecule has 1 aromatic heterocycles. The summed E-state index contributed by atoms with van der Waals surface area (Å²) in [5.74, 6) is -2.78. The van der Waals surface area contributed by atoms with Crippen LogP contribution in [0.1, 0.15) is 17.5 Å². The topological polar surface area (TPSA) is 101 Å². The fraction of sp³-hybridized carbons (Fsp3) is 0.280. The Morgan fingerprint density at radius 3 is 2.50 bits per heavy atom. The number of benzene rings is 2. The van der Waals surface area contributed by atoms with Crippen LogP contribution in [0.2, 0.25) is 0 Å². The van der Waals surface area contributed by atoms with Crippen molar-refractivity contribution >= 4 is 49.4 Å². The van der Waals surface area contributed by atoms with Crippen LogP contribution in [-0.2, 0) is 25.8 Å². The molecule has 0 amide bonds. The molecular formula is C25H20F6N4O5S2. The standard InChI is InChI=1S/C25H20F6N4O5S2/c26-24(27,28)16-1-3-19(18(13-16)15-5-7-32-8-6-15)34-10-11-39-21-14-17(2-4-20(21)34)42(37,38)35(23-33-9-12-41-23)40-22(36)25(29,30)31/h1-5,9,12-14,32H,6-8,10-11H2. The molecule has 3 heterocycles. The lowest BCUT2D eigenvalue weighted by Gasteiger charge is -2.34. The van der Waals surface area contributed by atoms with Crippen LogP contribution in [0.5, 0.6) is 5.75 Å². The van der Waals surface area contributed by atoms with Gasteiger partial charge in [0.05, 0.1) is 22.7 Å². The fourth-order valence-corrected chi connectivity index (χ4v) is 6.42. The lowest BCUT2D eigenvalue weighted by Crippen LogP contribution is -2.38. The SMILES string of the molecule is O=C(ON(c1nccs1)S(=O)(=O)c1ccc2c(c1)OCCN2c1ccc(C(F)(F)F)cc1C1=CCNCC1)C(F)(F)F. The third-order valence-electron chi connectivity index (χ3n) is 6.31. The highest BCUT2D eigenvalue weighted by Gasteiger charge is 2.45. The number of carbonyl (C=O) groups is 1. The highest BCUT2D eigenvalue weighted by atomic mass is 32.2. The Hall–Kier alpha value is -3.83. The summed E-state index contributed by atoms with van der Waals surface area (Å²) in [6.07, 6.45) is -6.68. The molecule has 2 aliphatic heterocycles. The molecule has 0 bridgehead atoms. The molecule has 0 unspecified atom stereocenters. The van der Waals surface area contributed by atoms with Gasteiger partial charge in [0.1, 0.15) is 12.4 Å². The molecule has 2 aliphatic rings. The van der Waals surface area contributed by atoms with E-state index >= 15 is 0 Å². The molecule has 42 heavy (non-hydrogen) atoms. The number of alkyl halides is 6. The third-order valence-corrected chi connectivity index (χ3v) is 8.70. The zero-order valence-electron chi connectivity index (χ0n) is 21.2. The second-order valence-electron chi connectivity index (χ2n) is 8.97. The van der Waals surface area contributed by atoms with Crippen molar-refractivity contribution in [2.45, 2.75) is 23.7 Å². The van der Waals surface area contributed by atoms with Gasteiger partial charge in [-0.3, -0.25) is 0 Å². The van der Waals surface area contributed by atoms with E-state index in [-0.39, 0.29) is 23.4 Å². The minimum Gasteiger partial charge on any atom is -0.489 e. The van der Waals surface area contributed by atoms with E-state index in [1.54, 1.807) is 11.0 Å². The fourth-order valence-electron chi connectivity index (χ4n) is 4.40. The van der Waals surface area contributed by atoms with Crippen LogP contribution < -0.4 is 19.4 Å². The first-order valence-electron chi connectivity index (χ1n) is 12.2. The first kappa shape index (κ1) is 29.7. The number of hydrogen-bond donors (Lipinski definition) is 1. The Balaban J connectivity index is 1.55. The van der Waals surface area contributed by atoms with Gasteiger partial charge in [-0.05, 0) is 48.9 Å². The molecule has 224 valence electrons. The molecule has 5 rings (SSSR count). The van der Waals surface area contributed by atoms with Crippen molar-refractivity contribution in [2.75, 3.05) is 35.6 Å². The second-order valence-corrected chi connectivity index (χ2v) is 11.6. The molecule has 3 aromatic rings. The summed E-state index contributed by atoms with van der Waals surface area (Å²) in [5, 5.41) is 3.83. The lowest BCUT2D eigenvalue weighted by molar-refractivity contribution is -0.199. The summed E-state index contributed by atoms with van der Waals surface area (Å²) in [4.78, 5) is 20.5. The number of halogens is 6. The van der Waals surface area contributed by atoms with Gasteiger partial charge in [-0.15, -0.1) is 11.3 Å². The Labute approximate surface area is 239 Å². The molecule has 0 saturated heterocycles. The van der Waals surface area contributed by atoms with E-state index in [9.17, 15) is 39.6 Å². The number of aromatic nitrogens is 1. The summed E-state index contributed by atoms with van der Waals surface area (Å²) in [6.45, 7) is 1.26. The summed E-state index contributed by atoms with van der Waals surface area (Å²) < 4.78 is 112. The van der Waals surface area contributed by atoms with E-state index < -0.39 is 43.9 Å². The van der Waals surface area contributed by atoms with Crippen molar-refractivity contribution in [1.29, 1.82) is 0 Å². The summed E-state index contributed by atoms with van der Waals surface area (Å²) in [7, 11) is -4.94. The molecule has 1 N–H and O–H groups in total. The first-order valence-corrected chi connectivity index (χ1v) is 14.5. The molecule has 0 saturated carbocycles. The monoisotopic (exact) mass is 634 g/mol. The molecular weight excluding hydrogens is 614 g/mol. The van der Waals surface area contributed by atoms with Gasteiger partial charge < -0.3 is 19.8 Å². The summed E-state index contributed by atoms with van der Waals surface area (Å²) in [5.41, 5.74) is 0.965. The van der Waals surface area contributed by atoms with Crippen molar-refractivity contribution < 1.29 is 49.1 Å². The summed E-state index contributed by atoms with van der Waals surface area (Å²) >= 11 is 0.611. The molecule has 2 aromatic carbocycles. The Morgan fingerprint density at radius 1 is 1.10 bits per heavy atom. The average molecular weight is 635 g/mol. The van der Waals surface area contributed by atoms with E-state index in [0.717, 1.165) is 30.5 Å².